The highest BCUT2D eigenvalue weighted by molar-refractivity contribution is 7.89. The Hall–Kier alpha value is -2.87. The van der Waals surface area contributed by atoms with Gasteiger partial charge >= 0.3 is 0 Å². The summed E-state index contributed by atoms with van der Waals surface area (Å²) < 4.78 is 32.6. The van der Waals surface area contributed by atoms with Crippen molar-refractivity contribution in [3.05, 3.63) is 87.9 Å². The highest BCUT2D eigenvalue weighted by atomic mass is 35.5. The number of amides is 1. The van der Waals surface area contributed by atoms with Crippen LogP contribution in [0.3, 0.4) is 0 Å². The summed E-state index contributed by atoms with van der Waals surface area (Å²) >= 11 is 6.14. The van der Waals surface area contributed by atoms with Crippen LogP contribution in [0, 0.1) is 13.8 Å². The second-order valence-corrected chi connectivity index (χ2v) is 9.92. The van der Waals surface area contributed by atoms with Crippen molar-refractivity contribution >= 4 is 33.2 Å². The average molecular weight is 473 g/mol. The van der Waals surface area contributed by atoms with Gasteiger partial charge in [-0.05, 0) is 61.9 Å². The van der Waals surface area contributed by atoms with E-state index >= 15 is 0 Å². The van der Waals surface area contributed by atoms with Crippen LogP contribution in [0.2, 0.25) is 5.02 Å². The largest absolute Gasteiger partial charge is 0.496 e. The molecule has 168 valence electrons. The molecule has 3 aromatic carbocycles. The van der Waals surface area contributed by atoms with Crippen molar-refractivity contribution < 1.29 is 17.9 Å². The molecule has 0 atom stereocenters. The zero-order valence-corrected chi connectivity index (χ0v) is 19.9. The maximum Gasteiger partial charge on any atom is 0.255 e. The number of rotatable bonds is 7. The number of carbonyl (C=O) groups excluding carboxylic acids is 1. The van der Waals surface area contributed by atoms with Crippen LogP contribution in [0.5, 0.6) is 5.75 Å². The molecular formula is C24H25ClN2O4S. The van der Waals surface area contributed by atoms with Crippen LogP contribution in [0.4, 0.5) is 5.69 Å². The molecule has 0 spiro atoms. The summed E-state index contributed by atoms with van der Waals surface area (Å²) in [6.45, 7) is 3.76. The number of ether oxygens (including phenoxy) is 1. The lowest BCUT2D eigenvalue weighted by atomic mass is 10.1. The first-order valence-electron chi connectivity index (χ1n) is 9.90. The number of methoxy groups -OCH3 is 1. The van der Waals surface area contributed by atoms with Crippen molar-refractivity contribution in [3.63, 3.8) is 0 Å². The van der Waals surface area contributed by atoms with E-state index in [2.05, 4.69) is 5.32 Å². The van der Waals surface area contributed by atoms with Gasteiger partial charge in [0.2, 0.25) is 10.0 Å². The van der Waals surface area contributed by atoms with Crippen LogP contribution in [-0.2, 0) is 16.6 Å². The Morgan fingerprint density at radius 2 is 1.75 bits per heavy atom. The molecule has 3 aromatic rings. The lowest BCUT2D eigenvalue weighted by Crippen LogP contribution is -2.27. The zero-order valence-electron chi connectivity index (χ0n) is 18.3. The van der Waals surface area contributed by atoms with Gasteiger partial charge in [0, 0.05) is 35.4 Å². The second kappa shape index (κ2) is 9.73. The lowest BCUT2D eigenvalue weighted by molar-refractivity contribution is 0.102. The quantitative estimate of drug-likeness (QED) is 0.522. The summed E-state index contributed by atoms with van der Waals surface area (Å²) in [5.74, 6) is 0.162. The standard InChI is InChI=1S/C24H25ClN2O4S/c1-16-8-11-20(12-9-16)32(29,30)27(3)15-19-14-18(10-13-23(19)31-4)24(28)26-22-7-5-6-21(25)17(22)2/h5-14H,15H2,1-4H3,(H,26,28). The molecule has 3 rings (SSSR count). The van der Waals surface area contributed by atoms with Gasteiger partial charge in [-0.25, -0.2) is 8.42 Å². The Bertz CT molecular complexity index is 1240. The number of benzene rings is 3. The molecule has 0 bridgehead atoms. The van der Waals surface area contributed by atoms with E-state index in [4.69, 9.17) is 16.3 Å². The molecule has 0 heterocycles. The van der Waals surface area contributed by atoms with E-state index in [9.17, 15) is 13.2 Å². The Morgan fingerprint density at radius 3 is 2.41 bits per heavy atom. The Labute approximate surface area is 193 Å². The topological polar surface area (TPSA) is 75.7 Å². The fourth-order valence-electron chi connectivity index (χ4n) is 3.20. The smallest absolute Gasteiger partial charge is 0.255 e. The number of sulfonamides is 1. The van der Waals surface area contributed by atoms with E-state index in [-0.39, 0.29) is 17.3 Å². The van der Waals surface area contributed by atoms with Gasteiger partial charge in [-0.15, -0.1) is 0 Å². The molecule has 0 saturated heterocycles. The van der Waals surface area contributed by atoms with E-state index in [1.54, 1.807) is 60.7 Å². The van der Waals surface area contributed by atoms with Crippen molar-refractivity contribution in [2.75, 3.05) is 19.5 Å². The summed E-state index contributed by atoms with van der Waals surface area (Å²) in [5.41, 5.74) is 3.29. The SMILES string of the molecule is COc1ccc(C(=O)Nc2cccc(Cl)c2C)cc1CN(C)S(=O)(=O)c1ccc(C)cc1. The molecule has 0 fully saturated rings. The van der Waals surface area contributed by atoms with Gasteiger partial charge in [0.25, 0.3) is 5.91 Å². The monoisotopic (exact) mass is 472 g/mol. The van der Waals surface area contributed by atoms with E-state index in [1.807, 2.05) is 13.8 Å². The number of hydrogen-bond acceptors (Lipinski definition) is 4. The minimum Gasteiger partial charge on any atom is -0.496 e. The number of anilines is 1. The second-order valence-electron chi connectivity index (χ2n) is 7.47. The molecule has 1 amide bonds. The van der Waals surface area contributed by atoms with Crippen molar-refractivity contribution in [3.8, 4) is 5.75 Å². The molecule has 0 saturated carbocycles. The summed E-state index contributed by atoms with van der Waals surface area (Å²) in [4.78, 5) is 13.0. The van der Waals surface area contributed by atoms with Gasteiger partial charge in [-0.2, -0.15) is 4.31 Å². The zero-order chi connectivity index (χ0) is 23.5. The number of halogens is 1. The van der Waals surface area contributed by atoms with Gasteiger partial charge in [-0.3, -0.25) is 4.79 Å². The fraction of sp³-hybridized carbons (Fsp3) is 0.208. The molecule has 0 aliphatic heterocycles. The van der Waals surface area contributed by atoms with Crippen LogP contribution in [0.15, 0.2) is 65.6 Å². The minimum absolute atomic E-state index is 0.0384. The van der Waals surface area contributed by atoms with E-state index in [0.717, 1.165) is 11.1 Å². The van der Waals surface area contributed by atoms with Crippen LogP contribution in [0.1, 0.15) is 27.0 Å². The predicted octanol–water partition coefficient (Wildman–Crippen LogP) is 5.04. The first kappa shape index (κ1) is 23.8. The molecule has 0 aromatic heterocycles. The summed E-state index contributed by atoms with van der Waals surface area (Å²) in [5, 5.41) is 3.41. The lowest BCUT2D eigenvalue weighted by Gasteiger charge is -2.19. The molecule has 0 radical (unpaired) electrons. The number of nitrogens with one attached hydrogen (secondary N) is 1. The van der Waals surface area contributed by atoms with Gasteiger partial charge in [-0.1, -0.05) is 35.4 Å². The number of aryl methyl sites for hydroxylation is 1. The fourth-order valence-corrected chi connectivity index (χ4v) is 4.52. The first-order chi connectivity index (χ1) is 15.1. The van der Waals surface area contributed by atoms with Gasteiger partial charge in [0.1, 0.15) is 5.75 Å². The molecule has 0 unspecified atom stereocenters. The maximum atomic E-state index is 13.0. The van der Waals surface area contributed by atoms with Crippen molar-refractivity contribution in [2.45, 2.75) is 25.3 Å². The highest BCUT2D eigenvalue weighted by Crippen LogP contribution is 2.26. The van der Waals surface area contributed by atoms with E-state index < -0.39 is 10.0 Å². The van der Waals surface area contributed by atoms with Gasteiger partial charge in [0.15, 0.2) is 0 Å². The third-order valence-electron chi connectivity index (χ3n) is 5.18. The van der Waals surface area contributed by atoms with Crippen molar-refractivity contribution in [2.24, 2.45) is 0 Å². The molecule has 0 aliphatic carbocycles. The third kappa shape index (κ3) is 5.12. The third-order valence-corrected chi connectivity index (χ3v) is 7.41. The summed E-state index contributed by atoms with van der Waals surface area (Å²) in [6.07, 6.45) is 0. The summed E-state index contributed by atoms with van der Waals surface area (Å²) in [6, 6.07) is 16.9. The molecular weight excluding hydrogens is 448 g/mol. The Balaban J connectivity index is 1.86. The minimum atomic E-state index is -3.71. The number of hydrogen-bond donors (Lipinski definition) is 1. The molecule has 6 nitrogen and oxygen atoms in total. The van der Waals surface area contributed by atoms with E-state index in [0.29, 0.717) is 27.6 Å². The Morgan fingerprint density at radius 1 is 1.06 bits per heavy atom. The first-order valence-corrected chi connectivity index (χ1v) is 11.7. The number of nitrogens with zero attached hydrogens (tertiary/aromatic N) is 1. The van der Waals surface area contributed by atoms with Gasteiger partial charge in [0.05, 0.1) is 12.0 Å². The van der Waals surface area contributed by atoms with E-state index in [1.165, 1.54) is 18.5 Å². The van der Waals surface area contributed by atoms with Crippen LogP contribution in [-0.4, -0.2) is 32.8 Å². The molecule has 1 N–H and O–H groups in total. The molecule has 0 aliphatic rings. The van der Waals surface area contributed by atoms with Crippen LogP contribution < -0.4 is 10.1 Å². The average Bonchev–Trinajstić information content (AvgIpc) is 2.77. The van der Waals surface area contributed by atoms with Gasteiger partial charge < -0.3 is 10.1 Å². The highest BCUT2D eigenvalue weighted by Gasteiger charge is 2.22. The predicted molar refractivity (Wildman–Crippen MR) is 127 cm³/mol. The molecule has 32 heavy (non-hydrogen) atoms. The number of carbonyl (C=O) groups is 1. The van der Waals surface area contributed by atoms with Crippen molar-refractivity contribution in [1.29, 1.82) is 0 Å². The van der Waals surface area contributed by atoms with Crippen molar-refractivity contribution in [1.82, 2.24) is 4.31 Å². The van der Waals surface area contributed by atoms with Crippen LogP contribution >= 0.6 is 11.6 Å². The summed E-state index contributed by atoms with van der Waals surface area (Å²) in [7, 11) is -0.709. The Kier molecular flexibility index (Phi) is 7.23. The normalized spacial score (nSPS) is 11.4. The van der Waals surface area contributed by atoms with Crippen LogP contribution in [0.25, 0.3) is 0 Å². The maximum absolute atomic E-state index is 13.0. The molecule has 8 heteroatoms.